The van der Waals surface area contributed by atoms with Gasteiger partial charge in [0, 0.05) is 23.3 Å². The van der Waals surface area contributed by atoms with Gasteiger partial charge < -0.3 is 5.53 Å². The Hall–Kier alpha value is -2.48. The van der Waals surface area contributed by atoms with E-state index in [9.17, 15) is 5.53 Å². The Morgan fingerprint density at radius 3 is 2.21 bits per heavy atom. The highest BCUT2D eigenvalue weighted by atomic mass is 15.2. The van der Waals surface area contributed by atoms with Gasteiger partial charge in [-0.05, 0) is 49.6 Å². The van der Waals surface area contributed by atoms with E-state index >= 15 is 0 Å². The normalized spacial score (nSPS) is 13.8. The van der Waals surface area contributed by atoms with Crippen LogP contribution in [0.3, 0.4) is 0 Å². The largest absolute Gasteiger partial charge is 0.493 e. The molecule has 0 bridgehead atoms. The SMILES string of the molecule is CCCCCc1cccc(C2=CC=C(c3cccc(C)c3)[N+]2=[N-])c1. The minimum absolute atomic E-state index is 0.824. The average Bonchev–Trinajstić information content (AvgIpc) is 2.97. The minimum atomic E-state index is 0.824. The molecule has 24 heavy (non-hydrogen) atoms. The first kappa shape index (κ1) is 16.4. The molecule has 0 N–H and O–H groups in total. The Balaban J connectivity index is 1.78. The van der Waals surface area contributed by atoms with E-state index in [1.54, 1.807) is 0 Å². The van der Waals surface area contributed by atoms with Gasteiger partial charge in [-0.1, -0.05) is 49.6 Å². The van der Waals surface area contributed by atoms with Gasteiger partial charge in [-0.25, -0.2) is 4.70 Å². The van der Waals surface area contributed by atoms with Crippen molar-refractivity contribution in [3.8, 4) is 0 Å². The number of hydrogen-bond acceptors (Lipinski definition) is 0. The lowest BCUT2D eigenvalue weighted by Crippen LogP contribution is -2.02. The van der Waals surface area contributed by atoms with Gasteiger partial charge in [0.1, 0.15) is 0 Å². The molecule has 0 aromatic heterocycles. The number of allylic oxidation sites excluding steroid dienone is 2. The van der Waals surface area contributed by atoms with Gasteiger partial charge >= 0.3 is 0 Å². The lowest BCUT2D eigenvalue weighted by molar-refractivity contribution is -0.344. The predicted octanol–water partition coefficient (Wildman–Crippen LogP) is 6.16. The molecule has 0 amide bonds. The summed E-state index contributed by atoms with van der Waals surface area (Å²) in [4.78, 5) is 0. The van der Waals surface area contributed by atoms with E-state index in [-0.39, 0.29) is 0 Å². The molecule has 0 spiro atoms. The molecule has 0 saturated heterocycles. The highest BCUT2D eigenvalue weighted by molar-refractivity contribution is 5.75. The van der Waals surface area contributed by atoms with E-state index in [2.05, 4.69) is 50.2 Å². The quantitative estimate of drug-likeness (QED) is 0.450. The van der Waals surface area contributed by atoms with E-state index in [1.165, 1.54) is 35.1 Å². The van der Waals surface area contributed by atoms with Crippen LogP contribution in [0.1, 0.15) is 48.4 Å². The summed E-state index contributed by atoms with van der Waals surface area (Å²) < 4.78 is 1.31. The molecule has 1 aliphatic heterocycles. The van der Waals surface area contributed by atoms with E-state index in [0.717, 1.165) is 28.9 Å². The molecule has 2 aromatic carbocycles. The molecule has 0 atom stereocenters. The van der Waals surface area contributed by atoms with Crippen molar-refractivity contribution in [3.63, 3.8) is 0 Å². The molecule has 2 aromatic rings. The number of aryl methyl sites for hydroxylation is 2. The second-order valence-electron chi connectivity index (χ2n) is 6.44. The fraction of sp³-hybridized carbons (Fsp3) is 0.273. The summed E-state index contributed by atoms with van der Waals surface area (Å²) in [6, 6.07) is 16.7. The summed E-state index contributed by atoms with van der Waals surface area (Å²) in [6.45, 7) is 4.29. The number of benzene rings is 2. The first-order chi connectivity index (χ1) is 11.7. The maximum Gasteiger partial charge on any atom is 0.207 e. The Labute approximate surface area is 144 Å². The standard InChI is InChI=1S/C22H24N2/c1-3-4-5-9-18-10-7-12-20(16-18)22-14-13-21(24(22)23)19-11-6-8-17(2)15-19/h6-8,10-16H,3-5,9H2,1-2H3. The zero-order valence-corrected chi connectivity index (χ0v) is 14.5. The summed E-state index contributed by atoms with van der Waals surface area (Å²) in [5, 5.41) is 0. The molecule has 3 rings (SSSR count). The average molecular weight is 316 g/mol. The highest BCUT2D eigenvalue weighted by Gasteiger charge is 2.22. The maximum atomic E-state index is 10.6. The maximum absolute atomic E-state index is 10.6. The molecule has 1 aliphatic rings. The van der Waals surface area contributed by atoms with Crippen molar-refractivity contribution >= 4 is 11.4 Å². The van der Waals surface area contributed by atoms with Crippen molar-refractivity contribution in [1.29, 1.82) is 0 Å². The molecule has 0 unspecified atom stereocenters. The lowest BCUT2D eigenvalue weighted by Gasteiger charge is -2.10. The molecule has 0 radical (unpaired) electrons. The van der Waals surface area contributed by atoms with Gasteiger partial charge in [0.2, 0.25) is 11.4 Å². The van der Waals surface area contributed by atoms with Crippen LogP contribution in [0.4, 0.5) is 0 Å². The third-order valence-electron chi connectivity index (χ3n) is 4.46. The minimum Gasteiger partial charge on any atom is -0.493 e. The Morgan fingerprint density at radius 2 is 1.54 bits per heavy atom. The van der Waals surface area contributed by atoms with Crippen LogP contribution in [0.25, 0.3) is 16.9 Å². The predicted molar refractivity (Wildman–Crippen MR) is 100 cm³/mol. The van der Waals surface area contributed by atoms with Gasteiger partial charge in [0.25, 0.3) is 0 Å². The molecule has 0 aliphatic carbocycles. The molecule has 2 nitrogen and oxygen atoms in total. The van der Waals surface area contributed by atoms with Crippen molar-refractivity contribution in [2.75, 3.05) is 0 Å². The molecule has 2 heteroatoms. The summed E-state index contributed by atoms with van der Waals surface area (Å²) in [7, 11) is 0. The summed E-state index contributed by atoms with van der Waals surface area (Å²) >= 11 is 0. The Morgan fingerprint density at radius 1 is 0.875 bits per heavy atom. The monoisotopic (exact) mass is 316 g/mol. The van der Waals surface area contributed by atoms with Crippen molar-refractivity contribution in [2.24, 2.45) is 0 Å². The summed E-state index contributed by atoms with van der Waals surface area (Å²) in [5.41, 5.74) is 16.9. The van der Waals surface area contributed by atoms with Crippen LogP contribution in [-0.2, 0) is 6.42 Å². The summed E-state index contributed by atoms with van der Waals surface area (Å²) in [5.74, 6) is 0. The van der Waals surface area contributed by atoms with Gasteiger partial charge in [-0.2, -0.15) is 0 Å². The lowest BCUT2D eigenvalue weighted by atomic mass is 10.0. The number of rotatable bonds is 6. The Kier molecular flexibility index (Phi) is 5.05. The third-order valence-corrected chi connectivity index (χ3v) is 4.46. The topological polar surface area (TPSA) is 25.3 Å². The molecule has 1 heterocycles. The van der Waals surface area contributed by atoms with Crippen LogP contribution in [0.2, 0.25) is 0 Å². The van der Waals surface area contributed by atoms with Crippen LogP contribution in [0, 0.1) is 6.92 Å². The van der Waals surface area contributed by atoms with Crippen LogP contribution in [0.5, 0.6) is 0 Å². The zero-order chi connectivity index (χ0) is 16.9. The number of unbranched alkanes of at least 4 members (excludes halogenated alkanes) is 2. The van der Waals surface area contributed by atoms with Gasteiger partial charge in [0.15, 0.2) is 0 Å². The van der Waals surface area contributed by atoms with Crippen LogP contribution < -0.4 is 0 Å². The third kappa shape index (κ3) is 3.53. The van der Waals surface area contributed by atoms with Gasteiger partial charge in [0.05, 0.1) is 0 Å². The molecule has 0 fully saturated rings. The highest BCUT2D eigenvalue weighted by Crippen LogP contribution is 2.31. The van der Waals surface area contributed by atoms with Crippen molar-refractivity contribution in [2.45, 2.75) is 39.5 Å². The van der Waals surface area contributed by atoms with Gasteiger partial charge in [-0.15, -0.1) is 0 Å². The zero-order valence-electron chi connectivity index (χ0n) is 14.5. The van der Waals surface area contributed by atoms with E-state index < -0.39 is 0 Å². The fourth-order valence-corrected chi connectivity index (χ4v) is 3.14. The van der Waals surface area contributed by atoms with Crippen LogP contribution >= 0.6 is 0 Å². The second kappa shape index (κ2) is 7.39. The fourth-order valence-electron chi connectivity index (χ4n) is 3.14. The first-order valence-electron chi connectivity index (χ1n) is 8.76. The van der Waals surface area contributed by atoms with Crippen LogP contribution in [-0.4, -0.2) is 4.70 Å². The van der Waals surface area contributed by atoms with E-state index in [1.807, 2.05) is 24.3 Å². The van der Waals surface area contributed by atoms with Crippen LogP contribution in [0.15, 0.2) is 60.7 Å². The molecule has 122 valence electrons. The first-order valence-corrected chi connectivity index (χ1v) is 8.76. The number of hydrogen-bond donors (Lipinski definition) is 0. The molecular weight excluding hydrogens is 292 g/mol. The Bertz CT molecular complexity index is 812. The molecular formula is C22H24N2. The summed E-state index contributed by atoms with van der Waals surface area (Å²) in [6.07, 6.45) is 8.78. The van der Waals surface area contributed by atoms with Gasteiger partial charge in [-0.3, -0.25) is 0 Å². The number of nitrogens with zero attached hydrogens (tertiary/aromatic N) is 2. The van der Waals surface area contributed by atoms with E-state index in [4.69, 9.17) is 0 Å². The van der Waals surface area contributed by atoms with Crippen molar-refractivity contribution in [3.05, 3.63) is 88.5 Å². The van der Waals surface area contributed by atoms with E-state index in [0.29, 0.717) is 0 Å². The van der Waals surface area contributed by atoms with Crippen molar-refractivity contribution in [1.82, 2.24) is 0 Å². The smallest absolute Gasteiger partial charge is 0.207 e. The van der Waals surface area contributed by atoms with Crippen molar-refractivity contribution < 1.29 is 4.70 Å². The molecule has 0 saturated carbocycles. The second-order valence-corrected chi connectivity index (χ2v) is 6.44.